The van der Waals surface area contributed by atoms with E-state index in [4.69, 9.17) is 9.47 Å². The highest BCUT2D eigenvalue weighted by Crippen LogP contribution is 2.53. The van der Waals surface area contributed by atoms with Crippen LogP contribution in [0.25, 0.3) is 0 Å². The van der Waals surface area contributed by atoms with Crippen molar-refractivity contribution in [3.63, 3.8) is 0 Å². The van der Waals surface area contributed by atoms with E-state index in [1.54, 1.807) is 18.7 Å². The van der Waals surface area contributed by atoms with Crippen LogP contribution >= 0.6 is 31.9 Å². The van der Waals surface area contributed by atoms with Crippen molar-refractivity contribution in [3.05, 3.63) is 71.8 Å². The van der Waals surface area contributed by atoms with Crippen LogP contribution in [0.3, 0.4) is 0 Å². The lowest BCUT2D eigenvalue weighted by atomic mass is 9.80. The largest absolute Gasteiger partial charge is 0.465 e. The van der Waals surface area contributed by atoms with Crippen molar-refractivity contribution in [2.75, 3.05) is 19.8 Å². The summed E-state index contributed by atoms with van der Waals surface area (Å²) in [6, 6.07) is 19.2. The number of ether oxygens (including phenoxy) is 2. The van der Waals surface area contributed by atoms with E-state index >= 15 is 0 Å². The summed E-state index contributed by atoms with van der Waals surface area (Å²) in [6.07, 6.45) is 0. The number of nitrogens with zero attached hydrogens (tertiary/aromatic N) is 1. The molecule has 33 heavy (non-hydrogen) atoms. The fraction of sp³-hybridized carbons (Fsp3) is 0.400. The molecule has 1 aliphatic rings. The number of halogens is 2. The van der Waals surface area contributed by atoms with E-state index in [1.165, 1.54) is 0 Å². The van der Waals surface area contributed by atoms with Crippen molar-refractivity contribution in [1.29, 1.82) is 0 Å². The van der Waals surface area contributed by atoms with Crippen molar-refractivity contribution < 1.29 is 23.9 Å². The number of carbonyl (C=O) groups is 3. The summed E-state index contributed by atoms with van der Waals surface area (Å²) in [7, 11) is 0. The first-order chi connectivity index (χ1) is 15.8. The van der Waals surface area contributed by atoms with Gasteiger partial charge in [0.05, 0.1) is 19.1 Å². The maximum Gasteiger partial charge on any atom is 0.321 e. The van der Waals surface area contributed by atoms with Gasteiger partial charge in [-0.3, -0.25) is 14.4 Å². The molecule has 6 nitrogen and oxygen atoms in total. The molecule has 0 aromatic heterocycles. The minimum atomic E-state index is -1.36. The summed E-state index contributed by atoms with van der Waals surface area (Å²) in [5.74, 6) is -4.56. The van der Waals surface area contributed by atoms with E-state index in [-0.39, 0.29) is 19.1 Å². The van der Waals surface area contributed by atoms with E-state index in [2.05, 4.69) is 31.9 Å². The first-order valence-corrected chi connectivity index (χ1v) is 12.5. The Bertz CT molecular complexity index is 949. The molecule has 0 radical (unpaired) electrons. The van der Waals surface area contributed by atoms with Crippen LogP contribution in [0.15, 0.2) is 60.7 Å². The molecule has 2 aromatic carbocycles. The van der Waals surface area contributed by atoms with Crippen LogP contribution in [0, 0.1) is 17.8 Å². The number of esters is 2. The van der Waals surface area contributed by atoms with Gasteiger partial charge in [-0.2, -0.15) is 0 Å². The van der Waals surface area contributed by atoms with Crippen LogP contribution in [0.1, 0.15) is 25.0 Å². The lowest BCUT2D eigenvalue weighted by molar-refractivity contribution is -0.167. The molecule has 1 fully saturated rings. The average Bonchev–Trinajstić information content (AvgIpc) is 3.12. The highest BCUT2D eigenvalue weighted by atomic mass is 79.9. The summed E-state index contributed by atoms with van der Waals surface area (Å²) in [4.78, 5) is 41.3. The van der Waals surface area contributed by atoms with Crippen LogP contribution in [0.4, 0.5) is 0 Å². The van der Waals surface area contributed by atoms with Crippen molar-refractivity contribution in [2.45, 2.75) is 23.6 Å². The van der Waals surface area contributed by atoms with E-state index in [9.17, 15) is 14.4 Å². The summed E-state index contributed by atoms with van der Waals surface area (Å²) in [5.41, 5.74) is 1.84. The summed E-state index contributed by atoms with van der Waals surface area (Å²) < 4.78 is 9.57. The first-order valence-electron chi connectivity index (χ1n) is 10.9. The zero-order valence-corrected chi connectivity index (χ0v) is 21.8. The van der Waals surface area contributed by atoms with Gasteiger partial charge >= 0.3 is 11.9 Å². The molecule has 2 aromatic rings. The standard InChI is InChI=1S/C25H27Br2NO5/c1-3-32-23(30)21(24(31)33-4-2)20-19(25(26,27)18-13-9-6-10-14-18)16-28(22(20)29)15-17-11-7-5-8-12-17/h5-14,19-21H,3-4,15-16H2,1-2H3/t19-,20-/m1/s1. The molecule has 0 bridgehead atoms. The first kappa shape index (κ1) is 25.4. The molecule has 0 spiro atoms. The molecule has 1 amide bonds. The molecule has 0 aliphatic carbocycles. The SMILES string of the molecule is CCOC(=O)C(C(=O)OCC)[C@@H]1C(=O)N(Cc2ccccc2)C[C@H]1C(Br)(Br)c1ccccc1. The fourth-order valence-electron chi connectivity index (χ4n) is 4.21. The van der Waals surface area contributed by atoms with Gasteiger partial charge in [0, 0.05) is 19.0 Å². The number of hydrogen-bond acceptors (Lipinski definition) is 5. The summed E-state index contributed by atoms with van der Waals surface area (Å²) in [5, 5.41) is 0. The van der Waals surface area contributed by atoms with E-state index in [0.29, 0.717) is 13.1 Å². The third-order valence-corrected chi connectivity index (χ3v) is 7.82. The number of likely N-dealkylation sites (tertiary alicyclic amines) is 1. The maximum atomic E-state index is 13.7. The van der Waals surface area contributed by atoms with Gasteiger partial charge in [-0.25, -0.2) is 0 Å². The summed E-state index contributed by atoms with van der Waals surface area (Å²) >= 11 is 7.55. The Hall–Kier alpha value is -2.19. The van der Waals surface area contributed by atoms with Gasteiger partial charge in [0.15, 0.2) is 5.92 Å². The van der Waals surface area contributed by atoms with Gasteiger partial charge in [-0.1, -0.05) is 92.5 Å². The smallest absolute Gasteiger partial charge is 0.321 e. The second kappa shape index (κ2) is 11.3. The Morgan fingerprint density at radius 2 is 1.48 bits per heavy atom. The zero-order chi connectivity index (χ0) is 24.0. The van der Waals surface area contributed by atoms with Crippen LogP contribution in [0.2, 0.25) is 0 Å². The molecule has 176 valence electrons. The fourth-order valence-corrected chi connectivity index (χ4v) is 5.60. The van der Waals surface area contributed by atoms with Crippen LogP contribution in [0.5, 0.6) is 0 Å². The number of alkyl halides is 2. The minimum absolute atomic E-state index is 0.0977. The van der Waals surface area contributed by atoms with Gasteiger partial charge in [0.1, 0.15) is 3.23 Å². The Kier molecular flexibility index (Phi) is 8.70. The molecule has 2 atom stereocenters. The number of amides is 1. The quantitative estimate of drug-likeness (QED) is 0.245. The van der Waals surface area contributed by atoms with Crippen LogP contribution in [-0.4, -0.2) is 42.5 Å². The molecule has 0 saturated carbocycles. The molecular weight excluding hydrogens is 554 g/mol. The Balaban J connectivity index is 2.05. The maximum absolute atomic E-state index is 13.7. The third kappa shape index (κ3) is 5.66. The Morgan fingerprint density at radius 3 is 2.00 bits per heavy atom. The second-order valence-electron chi connectivity index (χ2n) is 7.81. The molecule has 0 N–H and O–H groups in total. The van der Waals surface area contributed by atoms with E-state index < -0.39 is 32.9 Å². The molecule has 0 unspecified atom stereocenters. The Morgan fingerprint density at radius 1 is 0.970 bits per heavy atom. The van der Waals surface area contributed by atoms with Gasteiger partial charge < -0.3 is 14.4 Å². The van der Waals surface area contributed by atoms with E-state index in [0.717, 1.165) is 11.1 Å². The lowest BCUT2D eigenvalue weighted by Crippen LogP contribution is -2.43. The number of rotatable bonds is 9. The molecule has 8 heteroatoms. The predicted octanol–water partition coefficient (Wildman–Crippen LogP) is 4.65. The van der Waals surface area contributed by atoms with Crippen molar-refractivity contribution >= 4 is 49.7 Å². The van der Waals surface area contributed by atoms with Crippen molar-refractivity contribution in [1.82, 2.24) is 4.90 Å². The van der Waals surface area contributed by atoms with Crippen LogP contribution in [-0.2, 0) is 33.6 Å². The minimum Gasteiger partial charge on any atom is -0.465 e. The van der Waals surface area contributed by atoms with E-state index in [1.807, 2.05) is 60.7 Å². The molecule has 1 aliphatic heterocycles. The molecule has 1 saturated heterocycles. The van der Waals surface area contributed by atoms with Gasteiger partial charge in [-0.05, 0) is 25.0 Å². The monoisotopic (exact) mass is 579 g/mol. The topological polar surface area (TPSA) is 72.9 Å². The number of carbonyl (C=O) groups excluding carboxylic acids is 3. The van der Waals surface area contributed by atoms with Crippen LogP contribution < -0.4 is 0 Å². The van der Waals surface area contributed by atoms with Gasteiger partial charge in [0.25, 0.3) is 0 Å². The second-order valence-corrected chi connectivity index (χ2v) is 11.4. The predicted molar refractivity (Wildman–Crippen MR) is 132 cm³/mol. The van der Waals surface area contributed by atoms with Gasteiger partial charge in [-0.15, -0.1) is 0 Å². The highest BCUT2D eigenvalue weighted by Gasteiger charge is 2.57. The van der Waals surface area contributed by atoms with Crippen molar-refractivity contribution in [2.24, 2.45) is 17.8 Å². The summed E-state index contributed by atoms with van der Waals surface area (Å²) in [6.45, 7) is 4.23. The highest BCUT2D eigenvalue weighted by molar-refractivity contribution is 9.24. The molecular formula is C25H27Br2NO5. The number of hydrogen-bond donors (Lipinski definition) is 0. The normalized spacial score (nSPS) is 18.5. The number of benzene rings is 2. The van der Waals surface area contributed by atoms with Gasteiger partial charge in [0.2, 0.25) is 5.91 Å². The molecule has 3 rings (SSSR count). The average molecular weight is 581 g/mol. The molecule has 1 heterocycles. The third-order valence-electron chi connectivity index (χ3n) is 5.73. The Labute approximate surface area is 210 Å². The van der Waals surface area contributed by atoms with Crippen molar-refractivity contribution in [3.8, 4) is 0 Å². The zero-order valence-electron chi connectivity index (χ0n) is 18.6. The lowest BCUT2D eigenvalue weighted by Gasteiger charge is -2.33.